The van der Waals surface area contributed by atoms with Crippen molar-refractivity contribution >= 4 is 49.4 Å². The average molecular weight is 756 g/mol. The molecule has 280 valence electrons. The van der Waals surface area contributed by atoms with Crippen molar-refractivity contribution < 1.29 is 31.5 Å². The third kappa shape index (κ3) is 9.94. The van der Waals surface area contributed by atoms with Crippen molar-refractivity contribution in [3.05, 3.63) is 71.0 Å². The zero-order valence-electron chi connectivity index (χ0n) is 30.1. The first-order valence-electron chi connectivity index (χ1n) is 16.5. The highest BCUT2D eigenvalue weighted by molar-refractivity contribution is 7.92. The molecule has 0 atom stereocenters. The predicted molar refractivity (Wildman–Crippen MR) is 197 cm³/mol. The van der Waals surface area contributed by atoms with Gasteiger partial charge in [-0.2, -0.15) is 9.57 Å². The van der Waals surface area contributed by atoms with E-state index in [1.807, 2.05) is 31.7 Å². The molecule has 1 fully saturated rings. The average Bonchev–Trinajstić information content (AvgIpc) is 3.08. The van der Waals surface area contributed by atoms with Crippen LogP contribution in [-0.4, -0.2) is 111 Å². The summed E-state index contributed by atoms with van der Waals surface area (Å²) in [5.41, 5.74) is 1.59. The molecule has 2 amide bonds. The molecule has 3 aromatic rings. The smallest absolute Gasteiger partial charge is 0.407 e. The second-order valence-corrected chi connectivity index (χ2v) is 17.3. The van der Waals surface area contributed by atoms with Gasteiger partial charge in [-0.1, -0.05) is 6.07 Å². The molecule has 1 aliphatic heterocycles. The monoisotopic (exact) mass is 755 g/mol. The second kappa shape index (κ2) is 16.2. The molecule has 0 saturated carbocycles. The van der Waals surface area contributed by atoms with Crippen LogP contribution in [0.25, 0.3) is 0 Å². The lowest BCUT2D eigenvalue weighted by Gasteiger charge is -2.34. The highest BCUT2D eigenvalue weighted by Gasteiger charge is 2.30. The van der Waals surface area contributed by atoms with E-state index in [1.165, 1.54) is 40.5 Å². The standard InChI is InChI=1S/C34H45N9O7S2/c1-24-20-27(22-35)39-32(37-24)41-16-18-42(19-17-41)52(49,50)28-11-9-26(10-12-28)38-31(44)29-21-25(8-13-30(29)40(5)51(6,47)48)23-36-14-7-15-43(33(45)46)34(2,3)4/h8-13,20-21,36H,7,14-19,23H2,1-6H3,(H,38,44)(H,45,46). The van der Waals surface area contributed by atoms with Crippen molar-refractivity contribution in [2.24, 2.45) is 0 Å². The zero-order chi connectivity index (χ0) is 38.4. The number of anilines is 3. The lowest BCUT2D eigenvalue weighted by Crippen LogP contribution is -2.49. The first-order chi connectivity index (χ1) is 24.3. The van der Waals surface area contributed by atoms with Crippen molar-refractivity contribution in [1.29, 1.82) is 5.26 Å². The Morgan fingerprint density at radius 1 is 1.00 bits per heavy atom. The Morgan fingerprint density at radius 2 is 1.65 bits per heavy atom. The largest absolute Gasteiger partial charge is 0.465 e. The minimum Gasteiger partial charge on any atom is -0.465 e. The molecule has 0 radical (unpaired) electrons. The number of nitrogens with one attached hydrogen (secondary N) is 2. The van der Waals surface area contributed by atoms with Crippen LogP contribution in [-0.2, 0) is 26.6 Å². The number of hydrogen-bond donors (Lipinski definition) is 3. The molecular formula is C34H45N9O7S2. The molecule has 2 heterocycles. The number of piperazine rings is 1. The lowest BCUT2D eigenvalue weighted by molar-refractivity contribution is 0.0992. The van der Waals surface area contributed by atoms with Crippen molar-refractivity contribution in [1.82, 2.24) is 24.5 Å². The van der Waals surface area contributed by atoms with Gasteiger partial charge in [0.1, 0.15) is 11.8 Å². The van der Waals surface area contributed by atoms with Crippen LogP contribution in [0.4, 0.5) is 22.1 Å². The summed E-state index contributed by atoms with van der Waals surface area (Å²) in [6.45, 7) is 9.45. The molecule has 2 aromatic carbocycles. The van der Waals surface area contributed by atoms with Crippen LogP contribution in [0.3, 0.4) is 0 Å². The molecule has 0 aliphatic carbocycles. The summed E-state index contributed by atoms with van der Waals surface area (Å²) in [6.07, 6.45) is 0.591. The topological polar surface area (TPSA) is 209 Å². The number of benzene rings is 2. The third-order valence-electron chi connectivity index (χ3n) is 8.48. The third-order valence-corrected chi connectivity index (χ3v) is 11.6. The molecule has 18 heteroatoms. The van der Waals surface area contributed by atoms with Gasteiger partial charge in [0.25, 0.3) is 5.91 Å². The Kier molecular flexibility index (Phi) is 12.5. The molecular weight excluding hydrogens is 711 g/mol. The number of sulfonamides is 2. The predicted octanol–water partition coefficient (Wildman–Crippen LogP) is 3.07. The number of aryl methyl sites for hydroxylation is 1. The Labute approximate surface area is 305 Å². The minimum absolute atomic E-state index is 0.0390. The fourth-order valence-electron chi connectivity index (χ4n) is 5.58. The molecule has 0 bridgehead atoms. The van der Waals surface area contributed by atoms with E-state index in [0.717, 1.165) is 10.6 Å². The normalized spacial score (nSPS) is 14.1. The molecule has 52 heavy (non-hydrogen) atoms. The summed E-state index contributed by atoms with van der Waals surface area (Å²) in [5, 5.41) is 24.7. The van der Waals surface area contributed by atoms with Gasteiger partial charge < -0.3 is 25.5 Å². The van der Waals surface area contributed by atoms with Crippen LogP contribution >= 0.6 is 0 Å². The summed E-state index contributed by atoms with van der Waals surface area (Å²) in [6, 6.07) is 14.1. The van der Waals surface area contributed by atoms with E-state index in [2.05, 4.69) is 20.6 Å². The van der Waals surface area contributed by atoms with Crippen LogP contribution in [0.5, 0.6) is 0 Å². The molecule has 16 nitrogen and oxygen atoms in total. The molecule has 0 spiro atoms. The molecule has 0 unspecified atom stereocenters. The van der Waals surface area contributed by atoms with Crippen molar-refractivity contribution in [3.63, 3.8) is 0 Å². The number of aromatic nitrogens is 2. The van der Waals surface area contributed by atoms with Crippen LogP contribution in [0.1, 0.15) is 54.5 Å². The Balaban J connectivity index is 1.43. The van der Waals surface area contributed by atoms with E-state index < -0.39 is 37.6 Å². The number of amides is 2. The Bertz CT molecular complexity index is 2040. The van der Waals surface area contributed by atoms with Crippen LogP contribution in [0.2, 0.25) is 0 Å². The van der Waals surface area contributed by atoms with E-state index >= 15 is 0 Å². The maximum absolute atomic E-state index is 13.6. The summed E-state index contributed by atoms with van der Waals surface area (Å²) in [4.78, 5) is 37.1. The van der Waals surface area contributed by atoms with Gasteiger partial charge in [0.05, 0.1) is 22.4 Å². The van der Waals surface area contributed by atoms with Gasteiger partial charge in [0.15, 0.2) is 0 Å². The van der Waals surface area contributed by atoms with E-state index in [-0.39, 0.29) is 34.9 Å². The summed E-state index contributed by atoms with van der Waals surface area (Å²) >= 11 is 0. The highest BCUT2D eigenvalue weighted by Crippen LogP contribution is 2.26. The highest BCUT2D eigenvalue weighted by atomic mass is 32.2. The van der Waals surface area contributed by atoms with Gasteiger partial charge in [0, 0.05) is 63.2 Å². The molecule has 1 saturated heterocycles. The SMILES string of the molecule is Cc1cc(C#N)nc(N2CCN(S(=O)(=O)c3ccc(NC(=O)c4cc(CNCCCN(C(=O)O)C(C)(C)C)ccc4N(C)S(C)(=O)=O)cc3)CC2)n1. The maximum Gasteiger partial charge on any atom is 0.407 e. The van der Waals surface area contributed by atoms with Gasteiger partial charge in [0.2, 0.25) is 26.0 Å². The van der Waals surface area contributed by atoms with E-state index in [1.54, 1.807) is 31.2 Å². The Hall–Kier alpha value is -4.83. The summed E-state index contributed by atoms with van der Waals surface area (Å²) < 4.78 is 54.1. The van der Waals surface area contributed by atoms with Gasteiger partial charge in [-0.15, -0.1) is 0 Å². The zero-order valence-corrected chi connectivity index (χ0v) is 31.8. The number of carbonyl (C=O) groups is 2. The van der Waals surface area contributed by atoms with E-state index in [0.29, 0.717) is 62.0 Å². The number of nitrogens with zero attached hydrogens (tertiary/aromatic N) is 7. The van der Waals surface area contributed by atoms with Gasteiger partial charge >= 0.3 is 6.09 Å². The van der Waals surface area contributed by atoms with Crippen molar-refractivity contribution in [2.45, 2.75) is 51.1 Å². The first kappa shape index (κ1) is 39.9. The van der Waals surface area contributed by atoms with Crippen molar-refractivity contribution in [2.75, 3.05) is 67.1 Å². The number of carbonyl (C=O) groups excluding carboxylic acids is 1. The molecule has 3 N–H and O–H groups in total. The summed E-state index contributed by atoms with van der Waals surface area (Å²) in [5.74, 6) is -0.221. The number of nitriles is 1. The maximum atomic E-state index is 13.6. The van der Waals surface area contributed by atoms with Crippen LogP contribution in [0.15, 0.2) is 53.4 Å². The number of hydrogen-bond acceptors (Lipinski definition) is 11. The van der Waals surface area contributed by atoms with Crippen LogP contribution in [0, 0.1) is 18.3 Å². The number of carboxylic acid groups (broad SMARTS) is 1. The van der Waals surface area contributed by atoms with E-state index in [4.69, 9.17) is 0 Å². The second-order valence-electron chi connectivity index (χ2n) is 13.4. The molecule has 1 aromatic heterocycles. The quantitative estimate of drug-likeness (QED) is 0.215. The Morgan fingerprint density at radius 3 is 2.23 bits per heavy atom. The summed E-state index contributed by atoms with van der Waals surface area (Å²) in [7, 11) is -6.24. The number of rotatable bonds is 13. The fourth-order valence-corrected chi connectivity index (χ4v) is 7.52. The van der Waals surface area contributed by atoms with Gasteiger partial charge in [-0.3, -0.25) is 9.10 Å². The molecule has 1 aliphatic rings. The van der Waals surface area contributed by atoms with Gasteiger partial charge in [-0.25, -0.2) is 31.6 Å². The molecule has 4 rings (SSSR count). The minimum atomic E-state index is -3.87. The van der Waals surface area contributed by atoms with Crippen molar-refractivity contribution in [3.8, 4) is 6.07 Å². The van der Waals surface area contributed by atoms with Gasteiger partial charge in [-0.05, 0) is 88.7 Å². The van der Waals surface area contributed by atoms with Crippen LogP contribution < -0.4 is 19.8 Å². The lowest BCUT2D eigenvalue weighted by atomic mass is 10.1. The fraction of sp³-hybridized carbons (Fsp3) is 0.441. The van der Waals surface area contributed by atoms with E-state index in [9.17, 15) is 36.8 Å². The first-order valence-corrected chi connectivity index (χ1v) is 19.8.